The molecule has 0 unspecified atom stereocenters. The molecule has 0 aliphatic carbocycles. The fourth-order valence-electron chi connectivity index (χ4n) is 2.96. The smallest absolute Gasteiger partial charge is 0.348 e. The van der Waals surface area contributed by atoms with E-state index in [1.54, 1.807) is 35.2 Å². The predicted octanol–water partition coefficient (Wildman–Crippen LogP) is 2.54. The van der Waals surface area contributed by atoms with Crippen molar-refractivity contribution >= 4 is 39.8 Å². The maximum absolute atomic E-state index is 12.6. The van der Waals surface area contributed by atoms with E-state index in [9.17, 15) is 14.4 Å². The molecule has 1 N–H and O–H groups in total. The van der Waals surface area contributed by atoms with Crippen molar-refractivity contribution in [1.29, 1.82) is 0 Å². The summed E-state index contributed by atoms with van der Waals surface area (Å²) < 4.78 is 15.1. The van der Waals surface area contributed by atoms with Gasteiger partial charge >= 0.3 is 5.97 Å². The number of benzene rings is 1. The van der Waals surface area contributed by atoms with Crippen molar-refractivity contribution in [1.82, 2.24) is 0 Å². The first-order chi connectivity index (χ1) is 13.5. The van der Waals surface area contributed by atoms with Crippen molar-refractivity contribution in [2.75, 3.05) is 38.1 Å². The van der Waals surface area contributed by atoms with Crippen molar-refractivity contribution in [3.8, 4) is 11.5 Å². The lowest BCUT2D eigenvalue weighted by atomic mass is 10.1. The molecule has 0 spiro atoms. The Balaban J connectivity index is 1.69. The van der Waals surface area contributed by atoms with E-state index in [4.69, 9.17) is 9.47 Å². The number of thiophene rings is 1. The normalized spacial score (nSPS) is 16.0. The van der Waals surface area contributed by atoms with Crippen LogP contribution < -0.4 is 19.7 Å². The molecule has 8 nitrogen and oxygen atoms in total. The number of carbonyl (C=O) groups is 3. The van der Waals surface area contributed by atoms with Crippen LogP contribution in [0, 0.1) is 5.92 Å². The summed E-state index contributed by atoms with van der Waals surface area (Å²) in [7, 11) is 4.36. The molecule has 2 amide bonds. The number of rotatable bonds is 6. The van der Waals surface area contributed by atoms with Crippen LogP contribution in [0.4, 0.5) is 10.7 Å². The Morgan fingerprint density at radius 3 is 2.54 bits per heavy atom. The third kappa shape index (κ3) is 3.94. The average molecular weight is 404 g/mol. The highest BCUT2D eigenvalue weighted by atomic mass is 32.1. The Morgan fingerprint density at radius 1 is 1.11 bits per heavy atom. The molecule has 1 aliphatic heterocycles. The minimum absolute atomic E-state index is 0.107. The predicted molar refractivity (Wildman–Crippen MR) is 104 cm³/mol. The monoisotopic (exact) mass is 404 g/mol. The molecule has 28 heavy (non-hydrogen) atoms. The van der Waals surface area contributed by atoms with E-state index in [1.165, 1.54) is 21.3 Å². The highest BCUT2D eigenvalue weighted by Gasteiger charge is 2.35. The Bertz CT molecular complexity index is 910. The largest absolute Gasteiger partial charge is 0.493 e. The number of amides is 2. The third-order valence-electron chi connectivity index (χ3n) is 4.41. The van der Waals surface area contributed by atoms with Crippen molar-refractivity contribution < 1.29 is 28.6 Å². The number of hydrogen-bond donors (Lipinski definition) is 1. The maximum atomic E-state index is 12.6. The molecule has 1 saturated heterocycles. The average Bonchev–Trinajstić information content (AvgIpc) is 3.33. The van der Waals surface area contributed by atoms with Gasteiger partial charge in [0.15, 0.2) is 11.5 Å². The van der Waals surface area contributed by atoms with Crippen LogP contribution in [0.15, 0.2) is 30.3 Å². The van der Waals surface area contributed by atoms with Gasteiger partial charge in [-0.3, -0.25) is 9.59 Å². The Kier molecular flexibility index (Phi) is 5.84. The van der Waals surface area contributed by atoms with E-state index in [0.717, 1.165) is 11.3 Å². The van der Waals surface area contributed by atoms with Gasteiger partial charge in [-0.2, -0.15) is 0 Å². The maximum Gasteiger partial charge on any atom is 0.348 e. The van der Waals surface area contributed by atoms with Crippen molar-refractivity contribution in [3.63, 3.8) is 0 Å². The highest BCUT2D eigenvalue weighted by molar-refractivity contribution is 7.18. The number of esters is 1. The third-order valence-corrected chi connectivity index (χ3v) is 5.39. The Hall–Kier alpha value is -3.07. The van der Waals surface area contributed by atoms with Gasteiger partial charge in [-0.1, -0.05) is 0 Å². The van der Waals surface area contributed by atoms with Crippen LogP contribution in [-0.4, -0.2) is 45.7 Å². The first kappa shape index (κ1) is 19.7. The van der Waals surface area contributed by atoms with Gasteiger partial charge in [-0.05, 0) is 24.3 Å². The molecule has 3 rings (SSSR count). The van der Waals surface area contributed by atoms with E-state index in [1.807, 2.05) is 0 Å². The number of hydrogen-bond acceptors (Lipinski definition) is 7. The molecular weight excluding hydrogens is 384 g/mol. The summed E-state index contributed by atoms with van der Waals surface area (Å²) in [4.78, 5) is 38.5. The molecule has 1 fully saturated rings. The van der Waals surface area contributed by atoms with E-state index in [2.05, 4.69) is 10.1 Å². The van der Waals surface area contributed by atoms with Crippen LogP contribution in [0.25, 0.3) is 0 Å². The fraction of sp³-hybridized carbons (Fsp3) is 0.316. The second kappa shape index (κ2) is 8.30. The molecule has 0 saturated carbocycles. The first-order valence-corrected chi connectivity index (χ1v) is 9.30. The van der Waals surface area contributed by atoms with E-state index >= 15 is 0 Å². The minimum atomic E-state index is -0.496. The standard InChI is InChI=1S/C19H20N2O6S/c1-25-13-5-4-12(9-14(13)26-2)21-10-11(8-17(21)22)18(23)20-16-7-6-15(28-16)19(24)27-3/h4-7,9,11H,8,10H2,1-3H3,(H,20,23)/t11-/m0/s1. The number of ether oxygens (including phenoxy) is 3. The topological polar surface area (TPSA) is 94.2 Å². The lowest BCUT2D eigenvalue weighted by molar-refractivity contribution is -0.122. The van der Waals surface area contributed by atoms with Crippen LogP contribution in [0.2, 0.25) is 0 Å². The second-order valence-corrected chi connectivity index (χ2v) is 7.17. The van der Waals surface area contributed by atoms with E-state index < -0.39 is 11.9 Å². The fourth-order valence-corrected chi connectivity index (χ4v) is 3.79. The zero-order valence-corrected chi connectivity index (χ0v) is 16.5. The summed E-state index contributed by atoms with van der Waals surface area (Å²) >= 11 is 1.12. The Morgan fingerprint density at radius 2 is 1.86 bits per heavy atom. The zero-order valence-electron chi connectivity index (χ0n) is 15.7. The van der Waals surface area contributed by atoms with Crippen LogP contribution in [0.3, 0.4) is 0 Å². The van der Waals surface area contributed by atoms with Crippen molar-refractivity contribution in [3.05, 3.63) is 35.2 Å². The molecule has 0 bridgehead atoms. The summed E-state index contributed by atoms with van der Waals surface area (Å²) in [6.45, 7) is 0.259. The SMILES string of the molecule is COC(=O)c1ccc(NC(=O)[C@H]2CC(=O)N(c3ccc(OC)c(OC)c3)C2)s1. The van der Waals surface area contributed by atoms with Crippen molar-refractivity contribution in [2.24, 2.45) is 5.92 Å². The lowest BCUT2D eigenvalue weighted by Gasteiger charge is -2.18. The lowest BCUT2D eigenvalue weighted by Crippen LogP contribution is -2.28. The molecule has 1 atom stereocenters. The van der Waals surface area contributed by atoms with Gasteiger partial charge in [0, 0.05) is 24.7 Å². The van der Waals surface area contributed by atoms with Gasteiger partial charge in [-0.15, -0.1) is 11.3 Å². The van der Waals surface area contributed by atoms with Crippen LogP contribution >= 0.6 is 11.3 Å². The van der Waals surface area contributed by atoms with E-state index in [-0.39, 0.29) is 24.8 Å². The zero-order chi connectivity index (χ0) is 20.3. The number of methoxy groups -OCH3 is 3. The molecule has 2 heterocycles. The van der Waals surface area contributed by atoms with Gasteiger partial charge in [0.25, 0.3) is 0 Å². The number of nitrogens with one attached hydrogen (secondary N) is 1. The summed E-state index contributed by atoms with van der Waals surface area (Å²) in [5.41, 5.74) is 0.641. The first-order valence-electron chi connectivity index (χ1n) is 8.48. The second-order valence-electron chi connectivity index (χ2n) is 6.09. The summed E-state index contributed by atoms with van der Waals surface area (Å²) in [6, 6.07) is 8.40. The molecule has 1 aromatic carbocycles. The van der Waals surface area contributed by atoms with Gasteiger partial charge in [0.05, 0.1) is 32.2 Å². The van der Waals surface area contributed by atoms with Gasteiger partial charge in [-0.25, -0.2) is 4.79 Å². The van der Waals surface area contributed by atoms with Gasteiger partial charge < -0.3 is 24.4 Å². The van der Waals surface area contributed by atoms with Crippen LogP contribution in [-0.2, 0) is 14.3 Å². The molecule has 2 aromatic rings. The molecule has 148 valence electrons. The summed E-state index contributed by atoms with van der Waals surface area (Å²) in [5.74, 6) is -0.297. The molecular formula is C19H20N2O6S. The number of nitrogens with zero attached hydrogens (tertiary/aromatic N) is 1. The van der Waals surface area contributed by atoms with Gasteiger partial charge in [0.1, 0.15) is 4.88 Å². The molecule has 1 aromatic heterocycles. The molecule has 1 aliphatic rings. The minimum Gasteiger partial charge on any atom is -0.493 e. The molecule has 9 heteroatoms. The van der Waals surface area contributed by atoms with Crippen molar-refractivity contribution in [2.45, 2.75) is 6.42 Å². The van der Waals surface area contributed by atoms with Crippen LogP contribution in [0.5, 0.6) is 11.5 Å². The van der Waals surface area contributed by atoms with Gasteiger partial charge in [0.2, 0.25) is 11.8 Å². The summed E-state index contributed by atoms with van der Waals surface area (Å²) in [5, 5.41) is 3.29. The Labute approximate surface area is 166 Å². The number of anilines is 2. The quantitative estimate of drug-likeness (QED) is 0.744. The number of carbonyl (C=O) groups excluding carboxylic acids is 3. The molecule has 0 radical (unpaired) electrons. The highest BCUT2D eigenvalue weighted by Crippen LogP contribution is 2.34. The summed E-state index contributed by atoms with van der Waals surface area (Å²) in [6.07, 6.45) is 0.107. The van der Waals surface area contributed by atoms with Crippen LogP contribution in [0.1, 0.15) is 16.1 Å². The van der Waals surface area contributed by atoms with E-state index in [0.29, 0.717) is 27.1 Å².